The zero-order valence-corrected chi connectivity index (χ0v) is 15.6. The third kappa shape index (κ3) is 3.61. The quantitative estimate of drug-likeness (QED) is 0.742. The number of hydrogen-bond donors (Lipinski definition) is 1. The molecule has 0 aliphatic carbocycles. The van der Waals surface area contributed by atoms with Gasteiger partial charge in [-0.15, -0.1) is 0 Å². The number of anilines is 1. The molecule has 1 aromatic carbocycles. The number of ether oxygens (including phenoxy) is 1. The van der Waals surface area contributed by atoms with Crippen LogP contribution < -0.4 is 10.2 Å². The van der Waals surface area contributed by atoms with Crippen LogP contribution in [0.5, 0.6) is 0 Å². The minimum atomic E-state index is -0.226. The number of nitrogens with zero attached hydrogens (tertiary/aromatic N) is 3. The normalized spacial score (nSPS) is 14.5. The second-order valence-electron chi connectivity index (χ2n) is 6.32. The van der Waals surface area contributed by atoms with Crippen molar-refractivity contribution in [3.63, 3.8) is 0 Å². The molecule has 1 saturated heterocycles. The van der Waals surface area contributed by atoms with Gasteiger partial charge >= 0.3 is 0 Å². The van der Waals surface area contributed by atoms with E-state index < -0.39 is 0 Å². The molecule has 8 heteroatoms. The van der Waals surface area contributed by atoms with Gasteiger partial charge in [-0.3, -0.25) is 4.79 Å². The van der Waals surface area contributed by atoms with Crippen LogP contribution in [0.2, 0.25) is 5.02 Å². The summed E-state index contributed by atoms with van der Waals surface area (Å²) in [5.74, 6) is 0.993. The number of aryl methyl sites for hydroxylation is 1. The highest BCUT2D eigenvalue weighted by atomic mass is 35.5. The van der Waals surface area contributed by atoms with E-state index in [1.165, 1.54) is 6.33 Å². The van der Waals surface area contributed by atoms with Gasteiger partial charge in [0.05, 0.1) is 24.2 Å². The molecule has 3 aromatic rings. The van der Waals surface area contributed by atoms with E-state index in [9.17, 15) is 4.79 Å². The number of amides is 1. The van der Waals surface area contributed by atoms with Gasteiger partial charge in [0, 0.05) is 24.7 Å². The van der Waals surface area contributed by atoms with E-state index in [0.717, 1.165) is 5.56 Å². The third-order valence-corrected chi connectivity index (χ3v) is 4.76. The van der Waals surface area contributed by atoms with Gasteiger partial charge in [0.1, 0.15) is 17.9 Å². The molecule has 140 valence electrons. The Hall–Kier alpha value is -2.64. The number of nitrogens with one attached hydrogen (secondary N) is 1. The number of fused-ring (bicyclic) bond motifs is 1. The van der Waals surface area contributed by atoms with Crippen molar-refractivity contribution >= 4 is 34.4 Å². The Bertz CT molecular complexity index is 982. The molecule has 1 N–H and O–H groups in total. The molecule has 7 nitrogen and oxygen atoms in total. The summed E-state index contributed by atoms with van der Waals surface area (Å²) in [6, 6.07) is 7.39. The molecule has 0 saturated carbocycles. The highest BCUT2D eigenvalue weighted by molar-refractivity contribution is 6.30. The van der Waals surface area contributed by atoms with Crippen LogP contribution in [0.15, 0.2) is 35.0 Å². The lowest BCUT2D eigenvalue weighted by molar-refractivity contribution is 0.0951. The highest BCUT2D eigenvalue weighted by Gasteiger charge is 2.25. The maximum atomic E-state index is 12.9. The van der Waals surface area contributed by atoms with Crippen molar-refractivity contribution in [2.75, 3.05) is 31.2 Å². The number of hydrogen-bond acceptors (Lipinski definition) is 6. The van der Waals surface area contributed by atoms with E-state index in [-0.39, 0.29) is 5.91 Å². The van der Waals surface area contributed by atoms with E-state index in [4.69, 9.17) is 20.8 Å². The Kier molecular flexibility index (Phi) is 4.96. The number of benzene rings is 1. The van der Waals surface area contributed by atoms with Gasteiger partial charge in [0.2, 0.25) is 5.71 Å². The maximum absolute atomic E-state index is 12.9. The number of furan rings is 1. The Labute approximate surface area is 161 Å². The van der Waals surface area contributed by atoms with Crippen LogP contribution in [0.4, 0.5) is 5.82 Å². The lowest BCUT2D eigenvalue weighted by Crippen LogP contribution is -2.37. The lowest BCUT2D eigenvalue weighted by atomic mass is 10.1. The highest BCUT2D eigenvalue weighted by Crippen LogP contribution is 2.31. The number of carbonyl (C=O) groups is 1. The lowest BCUT2D eigenvalue weighted by Gasteiger charge is -2.28. The summed E-state index contributed by atoms with van der Waals surface area (Å²) in [6.07, 6.45) is 1.46. The molecule has 1 aliphatic rings. The second kappa shape index (κ2) is 7.54. The van der Waals surface area contributed by atoms with E-state index in [1.54, 1.807) is 13.0 Å². The summed E-state index contributed by atoms with van der Waals surface area (Å²) in [5.41, 5.74) is 1.80. The van der Waals surface area contributed by atoms with Crippen LogP contribution in [0.1, 0.15) is 21.7 Å². The first-order chi connectivity index (χ1) is 13.1. The minimum absolute atomic E-state index is 0.226. The average Bonchev–Trinajstić information content (AvgIpc) is 3.03. The first-order valence-electron chi connectivity index (χ1n) is 8.73. The fraction of sp³-hybridized carbons (Fsp3) is 0.316. The van der Waals surface area contributed by atoms with Gasteiger partial charge in [-0.05, 0) is 24.6 Å². The second-order valence-corrected chi connectivity index (χ2v) is 6.76. The zero-order valence-electron chi connectivity index (χ0n) is 14.9. The predicted molar refractivity (Wildman–Crippen MR) is 102 cm³/mol. The summed E-state index contributed by atoms with van der Waals surface area (Å²) in [6.45, 7) is 4.79. The monoisotopic (exact) mass is 386 g/mol. The van der Waals surface area contributed by atoms with Crippen LogP contribution >= 0.6 is 11.6 Å². The Morgan fingerprint density at radius 1 is 1.30 bits per heavy atom. The fourth-order valence-electron chi connectivity index (χ4n) is 3.23. The molecule has 1 fully saturated rings. The van der Waals surface area contributed by atoms with Crippen molar-refractivity contribution < 1.29 is 13.9 Å². The van der Waals surface area contributed by atoms with Crippen molar-refractivity contribution in [1.82, 2.24) is 15.3 Å². The molecular formula is C19H19ClN4O3. The van der Waals surface area contributed by atoms with Crippen molar-refractivity contribution in [1.29, 1.82) is 0 Å². The molecule has 3 heterocycles. The predicted octanol–water partition coefficient (Wildman–Crippen LogP) is 2.95. The first kappa shape index (κ1) is 17.8. The summed E-state index contributed by atoms with van der Waals surface area (Å²) < 4.78 is 11.1. The number of rotatable bonds is 4. The standard InChI is InChI=1S/C19H19ClN4O3/c1-12-15(18(25)21-10-13-3-2-4-14(20)9-13)16-17(22-11-23-19(16)27-12)24-5-7-26-8-6-24/h2-4,9,11H,5-8,10H2,1H3,(H,21,25). The van der Waals surface area contributed by atoms with Crippen LogP contribution in [-0.2, 0) is 11.3 Å². The zero-order chi connectivity index (χ0) is 18.8. The van der Waals surface area contributed by atoms with E-state index in [0.29, 0.717) is 66.1 Å². The summed E-state index contributed by atoms with van der Waals surface area (Å²) in [5, 5.41) is 4.21. The van der Waals surface area contributed by atoms with Crippen molar-refractivity contribution in [3.8, 4) is 0 Å². The van der Waals surface area contributed by atoms with Gasteiger partial charge in [-0.2, -0.15) is 0 Å². The molecule has 4 rings (SSSR count). The van der Waals surface area contributed by atoms with Gasteiger partial charge in [0.25, 0.3) is 5.91 Å². The number of halogens is 1. The van der Waals surface area contributed by atoms with Gasteiger partial charge in [-0.1, -0.05) is 23.7 Å². The minimum Gasteiger partial charge on any atom is -0.442 e. The van der Waals surface area contributed by atoms with Crippen LogP contribution in [0.25, 0.3) is 11.1 Å². The van der Waals surface area contributed by atoms with Crippen LogP contribution in [-0.4, -0.2) is 42.2 Å². The van der Waals surface area contributed by atoms with Crippen molar-refractivity contribution in [3.05, 3.63) is 52.5 Å². The molecule has 1 aliphatic heterocycles. The van der Waals surface area contributed by atoms with E-state index in [1.807, 2.05) is 18.2 Å². The molecular weight excluding hydrogens is 368 g/mol. The number of carbonyl (C=O) groups excluding carboxylic acids is 1. The van der Waals surface area contributed by atoms with Gasteiger partial charge in [-0.25, -0.2) is 9.97 Å². The van der Waals surface area contributed by atoms with E-state index >= 15 is 0 Å². The number of aromatic nitrogens is 2. The Morgan fingerprint density at radius 2 is 2.11 bits per heavy atom. The fourth-order valence-corrected chi connectivity index (χ4v) is 3.45. The van der Waals surface area contributed by atoms with Gasteiger partial charge < -0.3 is 19.4 Å². The molecule has 27 heavy (non-hydrogen) atoms. The van der Waals surface area contributed by atoms with Crippen LogP contribution in [0, 0.1) is 6.92 Å². The number of morpholine rings is 1. The smallest absolute Gasteiger partial charge is 0.255 e. The SMILES string of the molecule is Cc1oc2ncnc(N3CCOCC3)c2c1C(=O)NCc1cccc(Cl)c1. The molecule has 0 atom stereocenters. The molecule has 0 bridgehead atoms. The molecule has 1 amide bonds. The van der Waals surface area contributed by atoms with Crippen molar-refractivity contribution in [2.45, 2.75) is 13.5 Å². The van der Waals surface area contributed by atoms with Gasteiger partial charge in [0.15, 0.2) is 0 Å². The van der Waals surface area contributed by atoms with Crippen molar-refractivity contribution in [2.24, 2.45) is 0 Å². The maximum Gasteiger partial charge on any atom is 0.255 e. The Balaban J connectivity index is 1.66. The summed E-state index contributed by atoms with van der Waals surface area (Å²) in [7, 11) is 0. The molecule has 0 radical (unpaired) electrons. The average molecular weight is 387 g/mol. The topological polar surface area (TPSA) is 80.5 Å². The largest absolute Gasteiger partial charge is 0.442 e. The molecule has 2 aromatic heterocycles. The van der Waals surface area contributed by atoms with E-state index in [2.05, 4.69) is 20.2 Å². The molecule has 0 spiro atoms. The van der Waals surface area contributed by atoms with Crippen LogP contribution in [0.3, 0.4) is 0 Å². The molecule has 0 unspecified atom stereocenters. The third-order valence-electron chi connectivity index (χ3n) is 4.52. The summed E-state index contributed by atoms with van der Waals surface area (Å²) in [4.78, 5) is 23.6. The first-order valence-corrected chi connectivity index (χ1v) is 9.10. The Morgan fingerprint density at radius 3 is 2.89 bits per heavy atom. The summed E-state index contributed by atoms with van der Waals surface area (Å²) >= 11 is 6.01.